The van der Waals surface area contributed by atoms with E-state index in [2.05, 4.69) is 31.1 Å². The quantitative estimate of drug-likeness (QED) is 0.621. The van der Waals surface area contributed by atoms with Gasteiger partial charge in [-0.2, -0.15) is 13.2 Å². The van der Waals surface area contributed by atoms with Crippen molar-refractivity contribution in [2.45, 2.75) is 23.7 Å². The van der Waals surface area contributed by atoms with Gasteiger partial charge in [0.2, 0.25) is 15.8 Å². The predicted molar refractivity (Wildman–Crippen MR) is 103 cm³/mol. The van der Waals surface area contributed by atoms with E-state index in [4.69, 9.17) is 0 Å². The van der Waals surface area contributed by atoms with Gasteiger partial charge in [0.05, 0.1) is 4.88 Å². The highest BCUT2D eigenvalue weighted by molar-refractivity contribution is 7.91. The van der Waals surface area contributed by atoms with Gasteiger partial charge in [0.25, 0.3) is 0 Å². The van der Waals surface area contributed by atoms with Gasteiger partial charge >= 0.3 is 6.18 Å². The smallest absolute Gasteiger partial charge is 0.351 e. The van der Waals surface area contributed by atoms with Crippen LogP contribution in [0.4, 0.5) is 13.2 Å². The number of alkyl halides is 3. The Balaban J connectivity index is 1.51. The van der Waals surface area contributed by atoms with Crippen LogP contribution in [0.2, 0.25) is 0 Å². The fraction of sp³-hybridized carbons (Fsp3) is 0.588. The molecular formula is C17H23F3N4O3S2. The number of hydrogen-bond acceptors (Lipinski definition) is 7. The molecule has 1 aliphatic rings. The molecule has 0 aromatic carbocycles. The molecule has 12 heteroatoms. The van der Waals surface area contributed by atoms with Crippen molar-refractivity contribution < 1.29 is 26.1 Å². The largest absolute Gasteiger partial charge is 0.452 e. The van der Waals surface area contributed by atoms with Crippen molar-refractivity contribution in [3.63, 3.8) is 0 Å². The number of nitrogens with zero attached hydrogens (tertiary/aromatic N) is 3. The Labute approximate surface area is 171 Å². The van der Waals surface area contributed by atoms with Gasteiger partial charge in [0, 0.05) is 38.8 Å². The second-order valence-electron chi connectivity index (χ2n) is 6.72. The number of likely N-dealkylation sites (N-methyl/N-ethyl adjacent to an activating group) is 1. The lowest BCUT2D eigenvalue weighted by molar-refractivity contribution is -0.155. The van der Waals surface area contributed by atoms with Gasteiger partial charge in [0.15, 0.2) is 0 Å². The Morgan fingerprint density at radius 1 is 1.21 bits per heavy atom. The zero-order valence-electron chi connectivity index (χ0n) is 15.9. The van der Waals surface area contributed by atoms with E-state index in [1.54, 1.807) is 0 Å². The van der Waals surface area contributed by atoms with E-state index in [-0.39, 0.29) is 9.90 Å². The molecular weight excluding hydrogens is 429 g/mol. The summed E-state index contributed by atoms with van der Waals surface area (Å²) in [6.45, 7) is 8.30. The summed E-state index contributed by atoms with van der Waals surface area (Å²) < 4.78 is 69.6. The van der Waals surface area contributed by atoms with Crippen molar-refractivity contribution in [2.24, 2.45) is 0 Å². The summed E-state index contributed by atoms with van der Waals surface area (Å²) in [7, 11) is -3.72. The molecule has 3 rings (SSSR count). The van der Waals surface area contributed by atoms with E-state index >= 15 is 0 Å². The van der Waals surface area contributed by atoms with Crippen LogP contribution in [-0.2, 0) is 16.2 Å². The third kappa shape index (κ3) is 5.79. The molecule has 0 unspecified atom stereocenters. The standard InChI is InChI=1S/C17H23F3N4O3S2/c1-2-23-8-10-24(11-9-23)7-3-6-21-29(25,26)16-5-4-14(28-16)13-12-15(27-22-13)17(18,19)20/h4-5,12,21H,2-3,6-11H2,1H3. The van der Waals surface area contributed by atoms with E-state index in [0.29, 0.717) is 17.8 Å². The first-order chi connectivity index (χ1) is 13.7. The summed E-state index contributed by atoms with van der Waals surface area (Å²) in [5, 5.41) is 3.38. The highest BCUT2D eigenvalue weighted by atomic mass is 32.2. The Morgan fingerprint density at radius 2 is 1.90 bits per heavy atom. The van der Waals surface area contributed by atoms with E-state index < -0.39 is 22.0 Å². The molecule has 3 heterocycles. The van der Waals surface area contributed by atoms with Crippen molar-refractivity contribution in [1.82, 2.24) is 19.7 Å². The second kappa shape index (κ2) is 9.13. The highest BCUT2D eigenvalue weighted by Gasteiger charge is 2.36. The Hall–Kier alpha value is -1.47. The Bertz CT molecular complexity index is 903. The third-order valence-corrected chi connectivity index (χ3v) is 7.80. The maximum absolute atomic E-state index is 12.6. The van der Waals surface area contributed by atoms with Gasteiger partial charge in [0.1, 0.15) is 9.90 Å². The number of nitrogens with one attached hydrogen (secondary N) is 1. The Morgan fingerprint density at radius 3 is 2.52 bits per heavy atom. The molecule has 0 spiro atoms. The minimum absolute atomic E-state index is 0.0284. The maximum Gasteiger partial charge on any atom is 0.452 e. The summed E-state index contributed by atoms with van der Waals surface area (Å²) in [5.74, 6) is -1.22. The lowest BCUT2D eigenvalue weighted by atomic mass is 10.3. The minimum Gasteiger partial charge on any atom is -0.351 e. The van der Waals surface area contributed by atoms with Crippen molar-refractivity contribution in [1.29, 1.82) is 0 Å². The zero-order chi connectivity index (χ0) is 21.1. The number of rotatable bonds is 8. The molecule has 0 aliphatic carbocycles. The van der Waals surface area contributed by atoms with Crippen LogP contribution in [-0.4, -0.2) is 69.2 Å². The number of aromatic nitrogens is 1. The normalized spacial score (nSPS) is 17.1. The van der Waals surface area contributed by atoms with E-state index in [1.807, 2.05) is 0 Å². The van der Waals surface area contributed by atoms with E-state index in [1.165, 1.54) is 12.1 Å². The topological polar surface area (TPSA) is 78.7 Å². The average Bonchev–Trinajstić information content (AvgIpc) is 3.35. The van der Waals surface area contributed by atoms with Crippen LogP contribution in [0.15, 0.2) is 26.9 Å². The van der Waals surface area contributed by atoms with Crippen molar-refractivity contribution >= 4 is 21.4 Å². The van der Waals surface area contributed by atoms with Gasteiger partial charge in [-0.15, -0.1) is 11.3 Å². The average molecular weight is 453 g/mol. The zero-order valence-corrected chi connectivity index (χ0v) is 17.5. The molecule has 2 aromatic rings. The molecule has 1 saturated heterocycles. The van der Waals surface area contributed by atoms with E-state index in [9.17, 15) is 21.6 Å². The van der Waals surface area contributed by atoms with Gasteiger partial charge in [-0.05, 0) is 31.6 Å². The molecule has 1 fully saturated rings. The lowest BCUT2D eigenvalue weighted by Crippen LogP contribution is -2.46. The van der Waals surface area contributed by atoms with Crippen molar-refractivity contribution in [2.75, 3.05) is 45.8 Å². The van der Waals surface area contributed by atoms with Gasteiger partial charge in [-0.1, -0.05) is 12.1 Å². The lowest BCUT2D eigenvalue weighted by Gasteiger charge is -2.33. The number of sulfonamides is 1. The summed E-state index contributed by atoms with van der Waals surface area (Å²) in [4.78, 5) is 4.98. The number of piperazine rings is 1. The molecule has 162 valence electrons. The monoisotopic (exact) mass is 452 g/mol. The summed E-state index contributed by atoms with van der Waals surface area (Å²) in [6.07, 6.45) is -3.95. The molecule has 1 N–H and O–H groups in total. The molecule has 0 atom stereocenters. The van der Waals surface area contributed by atoms with Crippen LogP contribution in [0.25, 0.3) is 10.6 Å². The van der Waals surface area contributed by atoms with Gasteiger partial charge in [-0.3, -0.25) is 0 Å². The number of thiophene rings is 1. The van der Waals surface area contributed by atoms with Gasteiger partial charge in [-0.25, -0.2) is 13.1 Å². The summed E-state index contributed by atoms with van der Waals surface area (Å²) in [5.41, 5.74) is -0.0463. The molecule has 1 aliphatic heterocycles. The molecule has 0 saturated carbocycles. The molecule has 29 heavy (non-hydrogen) atoms. The third-order valence-electron chi connectivity index (χ3n) is 4.74. The fourth-order valence-corrected chi connectivity index (χ4v) is 5.41. The van der Waals surface area contributed by atoms with Crippen LogP contribution >= 0.6 is 11.3 Å². The minimum atomic E-state index is -4.64. The Kier molecular flexibility index (Phi) is 6.99. The van der Waals surface area contributed by atoms with Crippen LogP contribution in [0.5, 0.6) is 0 Å². The maximum atomic E-state index is 12.6. The van der Waals surface area contributed by atoms with Crippen LogP contribution in [0.3, 0.4) is 0 Å². The van der Waals surface area contributed by atoms with Crippen LogP contribution in [0, 0.1) is 0 Å². The second-order valence-corrected chi connectivity index (χ2v) is 9.80. The first-order valence-corrected chi connectivity index (χ1v) is 11.6. The van der Waals surface area contributed by atoms with Crippen molar-refractivity contribution in [3.8, 4) is 10.6 Å². The van der Waals surface area contributed by atoms with Crippen molar-refractivity contribution in [3.05, 3.63) is 24.0 Å². The van der Waals surface area contributed by atoms with Gasteiger partial charge < -0.3 is 14.3 Å². The number of hydrogen-bond donors (Lipinski definition) is 1. The number of halogens is 3. The molecule has 0 amide bonds. The van der Waals surface area contributed by atoms with Crippen LogP contribution < -0.4 is 4.72 Å². The highest BCUT2D eigenvalue weighted by Crippen LogP contribution is 2.35. The fourth-order valence-electron chi connectivity index (χ4n) is 3.04. The first-order valence-electron chi connectivity index (χ1n) is 9.27. The first kappa shape index (κ1) is 22.2. The molecule has 0 bridgehead atoms. The molecule has 2 aromatic heterocycles. The molecule has 0 radical (unpaired) electrons. The summed E-state index contributed by atoms with van der Waals surface area (Å²) >= 11 is 0.849. The predicted octanol–water partition coefficient (Wildman–Crippen LogP) is 2.73. The molecule has 7 nitrogen and oxygen atoms in total. The van der Waals surface area contributed by atoms with Crippen LogP contribution in [0.1, 0.15) is 19.1 Å². The summed E-state index contributed by atoms with van der Waals surface area (Å²) in [6, 6.07) is 3.53. The van der Waals surface area contributed by atoms with E-state index in [0.717, 1.165) is 56.7 Å². The SMILES string of the molecule is CCN1CCN(CCCNS(=O)(=O)c2ccc(-c3cc(C(F)(F)F)on3)s2)CC1.